The lowest BCUT2D eigenvalue weighted by molar-refractivity contribution is 0.188. The van der Waals surface area contributed by atoms with Crippen LogP contribution in [-0.4, -0.2) is 11.7 Å². The molecule has 0 aromatic rings. The monoisotopic (exact) mass is 186 g/mol. The first kappa shape index (κ1) is 13.0. The Hall–Kier alpha value is -0.0400. The van der Waals surface area contributed by atoms with E-state index in [2.05, 4.69) is 20.8 Å². The molecular weight excluding hydrogens is 160 g/mol. The Labute approximate surface area is 83.5 Å². The predicted octanol–water partition coefficient (Wildman–Crippen LogP) is 3.61. The zero-order chi connectivity index (χ0) is 10.1. The summed E-state index contributed by atoms with van der Waals surface area (Å²) in [4.78, 5) is 0. The summed E-state index contributed by atoms with van der Waals surface area (Å²) in [5, 5.41) is 8.95. The van der Waals surface area contributed by atoms with Crippen molar-refractivity contribution in [2.24, 2.45) is 11.8 Å². The van der Waals surface area contributed by atoms with E-state index in [9.17, 15) is 0 Å². The van der Waals surface area contributed by atoms with E-state index in [0.29, 0.717) is 18.4 Å². The topological polar surface area (TPSA) is 20.2 Å². The standard InChI is InChI=1S/C12H26O/c1-4-5-6-7-8-9-11(2)12(3)10-13/h11-13H,4-10H2,1-3H3. The number of unbranched alkanes of at least 4 members (excludes halogenated alkanes) is 4. The predicted molar refractivity (Wildman–Crippen MR) is 58.8 cm³/mol. The summed E-state index contributed by atoms with van der Waals surface area (Å²) >= 11 is 0. The van der Waals surface area contributed by atoms with Crippen molar-refractivity contribution in [2.45, 2.75) is 59.3 Å². The lowest BCUT2D eigenvalue weighted by Gasteiger charge is -2.16. The van der Waals surface area contributed by atoms with Gasteiger partial charge in [-0.2, -0.15) is 0 Å². The molecule has 0 radical (unpaired) electrons. The molecule has 0 heterocycles. The summed E-state index contributed by atoms with van der Waals surface area (Å²) in [5.41, 5.74) is 0. The van der Waals surface area contributed by atoms with Crippen molar-refractivity contribution in [3.05, 3.63) is 0 Å². The van der Waals surface area contributed by atoms with E-state index in [0.717, 1.165) is 0 Å². The van der Waals surface area contributed by atoms with Gasteiger partial charge in [0.2, 0.25) is 0 Å². The summed E-state index contributed by atoms with van der Waals surface area (Å²) in [6.45, 7) is 6.98. The minimum absolute atomic E-state index is 0.343. The molecule has 0 aromatic heterocycles. The van der Waals surface area contributed by atoms with Gasteiger partial charge < -0.3 is 5.11 Å². The van der Waals surface area contributed by atoms with Crippen molar-refractivity contribution < 1.29 is 5.11 Å². The Morgan fingerprint density at radius 3 is 2.08 bits per heavy atom. The van der Waals surface area contributed by atoms with Crippen LogP contribution in [-0.2, 0) is 0 Å². The molecule has 0 aromatic carbocycles. The normalized spacial score (nSPS) is 15.7. The number of aliphatic hydroxyl groups excluding tert-OH is 1. The van der Waals surface area contributed by atoms with Gasteiger partial charge in [-0.3, -0.25) is 0 Å². The Balaban J connectivity index is 3.21. The Morgan fingerprint density at radius 2 is 1.54 bits per heavy atom. The number of aliphatic hydroxyl groups is 1. The molecule has 0 saturated carbocycles. The quantitative estimate of drug-likeness (QED) is 0.574. The summed E-state index contributed by atoms with van der Waals surface area (Å²) in [7, 11) is 0. The summed E-state index contributed by atoms with van der Waals surface area (Å²) < 4.78 is 0. The lowest BCUT2D eigenvalue weighted by Crippen LogP contribution is -2.11. The maximum Gasteiger partial charge on any atom is 0.0459 e. The van der Waals surface area contributed by atoms with Crippen molar-refractivity contribution >= 4 is 0 Å². The van der Waals surface area contributed by atoms with Crippen molar-refractivity contribution in [3.8, 4) is 0 Å². The molecule has 0 aliphatic rings. The van der Waals surface area contributed by atoms with E-state index in [1.165, 1.54) is 38.5 Å². The third-order valence-corrected chi connectivity index (χ3v) is 3.02. The first-order valence-electron chi connectivity index (χ1n) is 5.83. The van der Waals surface area contributed by atoms with Crippen LogP contribution in [0.25, 0.3) is 0 Å². The Kier molecular flexibility index (Phi) is 8.53. The third kappa shape index (κ3) is 7.06. The third-order valence-electron chi connectivity index (χ3n) is 3.02. The van der Waals surface area contributed by atoms with E-state index in [-0.39, 0.29) is 0 Å². The van der Waals surface area contributed by atoms with Gasteiger partial charge in [0, 0.05) is 6.61 Å². The molecule has 2 unspecified atom stereocenters. The van der Waals surface area contributed by atoms with Gasteiger partial charge in [-0.1, -0.05) is 59.3 Å². The van der Waals surface area contributed by atoms with Crippen LogP contribution in [0.1, 0.15) is 59.3 Å². The molecule has 1 heteroatoms. The first-order valence-corrected chi connectivity index (χ1v) is 5.83. The second-order valence-corrected chi connectivity index (χ2v) is 4.34. The van der Waals surface area contributed by atoms with Crippen molar-refractivity contribution in [2.75, 3.05) is 6.61 Å². The molecule has 0 bridgehead atoms. The van der Waals surface area contributed by atoms with E-state index in [1.54, 1.807) is 0 Å². The Morgan fingerprint density at radius 1 is 0.923 bits per heavy atom. The molecule has 0 rings (SSSR count). The van der Waals surface area contributed by atoms with Crippen LogP contribution in [0, 0.1) is 11.8 Å². The van der Waals surface area contributed by atoms with E-state index in [1.807, 2.05) is 0 Å². The zero-order valence-electron chi connectivity index (χ0n) is 9.55. The molecule has 0 aliphatic heterocycles. The van der Waals surface area contributed by atoms with Crippen LogP contribution >= 0.6 is 0 Å². The van der Waals surface area contributed by atoms with Crippen molar-refractivity contribution in [1.82, 2.24) is 0 Å². The van der Waals surface area contributed by atoms with Gasteiger partial charge in [-0.05, 0) is 11.8 Å². The van der Waals surface area contributed by atoms with Gasteiger partial charge in [0.15, 0.2) is 0 Å². The minimum Gasteiger partial charge on any atom is -0.396 e. The van der Waals surface area contributed by atoms with E-state index < -0.39 is 0 Å². The number of hydrogen-bond acceptors (Lipinski definition) is 1. The van der Waals surface area contributed by atoms with Crippen LogP contribution in [0.3, 0.4) is 0 Å². The van der Waals surface area contributed by atoms with Gasteiger partial charge in [0.05, 0.1) is 0 Å². The van der Waals surface area contributed by atoms with Gasteiger partial charge >= 0.3 is 0 Å². The second kappa shape index (κ2) is 8.55. The molecule has 1 N–H and O–H groups in total. The number of rotatable bonds is 8. The largest absolute Gasteiger partial charge is 0.396 e. The molecule has 2 atom stereocenters. The van der Waals surface area contributed by atoms with Crippen LogP contribution in [0.5, 0.6) is 0 Å². The molecule has 0 saturated heterocycles. The summed E-state index contributed by atoms with van der Waals surface area (Å²) in [5.74, 6) is 1.16. The molecule has 0 aliphatic carbocycles. The van der Waals surface area contributed by atoms with E-state index in [4.69, 9.17) is 5.11 Å². The van der Waals surface area contributed by atoms with E-state index >= 15 is 0 Å². The highest BCUT2D eigenvalue weighted by atomic mass is 16.3. The summed E-state index contributed by atoms with van der Waals surface area (Å²) in [6.07, 6.45) is 8.08. The van der Waals surface area contributed by atoms with Crippen molar-refractivity contribution in [3.63, 3.8) is 0 Å². The van der Waals surface area contributed by atoms with Gasteiger partial charge in [0.25, 0.3) is 0 Å². The highest BCUT2D eigenvalue weighted by Crippen LogP contribution is 2.18. The first-order chi connectivity index (χ1) is 6.22. The van der Waals surface area contributed by atoms with Gasteiger partial charge in [-0.25, -0.2) is 0 Å². The fourth-order valence-electron chi connectivity index (χ4n) is 1.53. The molecule has 0 amide bonds. The number of hydrogen-bond donors (Lipinski definition) is 1. The maximum atomic E-state index is 8.95. The molecule has 13 heavy (non-hydrogen) atoms. The minimum atomic E-state index is 0.343. The molecule has 0 spiro atoms. The summed E-state index contributed by atoms with van der Waals surface area (Å²) in [6, 6.07) is 0. The van der Waals surface area contributed by atoms with Crippen LogP contribution in [0.2, 0.25) is 0 Å². The lowest BCUT2D eigenvalue weighted by atomic mass is 9.91. The van der Waals surface area contributed by atoms with Crippen LogP contribution < -0.4 is 0 Å². The maximum absolute atomic E-state index is 8.95. The van der Waals surface area contributed by atoms with Gasteiger partial charge in [-0.15, -0.1) is 0 Å². The fraction of sp³-hybridized carbons (Fsp3) is 1.00. The molecule has 0 fully saturated rings. The Bertz CT molecular complexity index is 101. The average molecular weight is 186 g/mol. The SMILES string of the molecule is CCCCCCCC(C)C(C)CO. The van der Waals surface area contributed by atoms with Crippen molar-refractivity contribution in [1.29, 1.82) is 0 Å². The zero-order valence-corrected chi connectivity index (χ0v) is 9.55. The highest BCUT2D eigenvalue weighted by Gasteiger charge is 2.09. The fourth-order valence-corrected chi connectivity index (χ4v) is 1.53. The van der Waals surface area contributed by atoms with Crippen LogP contribution in [0.4, 0.5) is 0 Å². The molecule has 80 valence electrons. The highest BCUT2D eigenvalue weighted by molar-refractivity contribution is 4.60. The smallest absolute Gasteiger partial charge is 0.0459 e. The van der Waals surface area contributed by atoms with Crippen LogP contribution in [0.15, 0.2) is 0 Å². The average Bonchev–Trinajstić information content (AvgIpc) is 2.16. The second-order valence-electron chi connectivity index (χ2n) is 4.34. The molecular formula is C12H26O. The molecule has 1 nitrogen and oxygen atoms in total. The van der Waals surface area contributed by atoms with Gasteiger partial charge in [0.1, 0.15) is 0 Å².